The predicted octanol–water partition coefficient (Wildman–Crippen LogP) is 5.15. The number of hydrogen-bond donors (Lipinski definition) is 1. The lowest BCUT2D eigenvalue weighted by Gasteiger charge is -2.11. The van der Waals surface area contributed by atoms with Crippen LogP contribution in [0.5, 0.6) is 11.5 Å². The van der Waals surface area contributed by atoms with Crippen LogP contribution in [0, 0.1) is 0 Å². The number of benzene rings is 2. The van der Waals surface area contributed by atoms with Gasteiger partial charge in [0, 0.05) is 0 Å². The molecule has 1 atom stereocenters. The van der Waals surface area contributed by atoms with E-state index in [9.17, 15) is 4.79 Å². The highest BCUT2D eigenvalue weighted by atomic mass is 32.2. The molecule has 146 valence electrons. The second-order valence-electron chi connectivity index (χ2n) is 6.50. The Kier molecular flexibility index (Phi) is 7.12. The third-order valence-electron chi connectivity index (χ3n) is 4.50. The minimum Gasteiger partial charge on any atom is -0.490 e. The van der Waals surface area contributed by atoms with Gasteiger partial charge in [-0.1, -0.05) is 62.1 Å². The van der Waals surface area contributed by atoms with Gasteiger partial charge in [0.05, 0.1) is 4.91 Å². The highest BCUT2D eigenvalue weighted by Gasteiger charge is 2.21. The molecular weight excluding hydrogens is 390 g/mol. The van der Waals surface area contributed by atoms with E-state index < -0.39 is 0 Å². The van der Waals surface area contributed by atoms with Gasteiger partial charge in [-0.2, -0.15) is 0 Å². The van der Waals surface area contributed by atoms with Crippen LogP contribution in [0.1, 0.15) is 37.3 Å². The summed E-state index contributed by atoms with van der Waals surface area (Å²) < 4.78 is 11.9. The Labute approximate surface area is 175 Å². The number of thioether (sulfide) groups is 1. The fraction of sp³-hybridized carbons (Fsp3) is 0.273. The Hall–Kier alpha value is -2.31. The van der Waals surface area contributed by atoms with Gasteiger partial charge in [0.15, 0.2) is 0 Å². The van der Waals surface area contributed by atoms with Crippen molar-refractivity contribution in [1.82, 2.24) is 5.32 Å². The van der Waals surface area contributed by atoms with Crippen molar-refractivity contribution >= 4 is 40.3 Å². The number of hydrogen-bond acceptors (Lipinski definition) is 5. The summed E-state index contributed by atoms with van der Waals surface area (Å²) in [6.45, 7) is 5.35. The summed E-state index contributed by atoms with van der Waals surface area (Å²) in [5, 5.41) is 2.61. The van der Waals surface area contributed by atoms with Crippen molar-refractivity contribution in [1.29, 1.82) is 0 Å². The molecule has 6 heteroatoms. The summed E-state index contributed by atoms with van der Waals surface area (Å²) in [5.41, 5.74) is 2.25. The molecule has 1 amide bonds. The van der Waals surface area contributed by atoms with Crippen molar-refractivity contribution in [2.45, 2.75) is 26.2 Å². The van der Waals surface area contributed by atoms with Gasteiger partial charge in [0.25, 0.3) is 5.91 Å². The van der Waals surface area contributed by atoms with Crippen molar-refractivity contribution in [2.24, 2.45) is 0 Å². The molecule has 1 aliphatic rings. The molecule has 28 heavy (non-hydrogen) atoms. The minimum atomic E-state index is -0.148. The second-order valence-corrected chi connectivity index (χ2v) is 8.22. The number of thiocarbonyl (C=S) groups is 1. The average molecular weight is 414 g/mol. The highest BCUT2D eigenvalue weighted by molar-refractivity contribution is 8.26. The Morgan fingerprint density at radius 2 is 1.61 bits per heavy atom. The summed E-state index contributed by atoms with van der Waals surface area (Å²) >= 11 is 6.26. The summed E-state index contributed by atoms with van der Waals surface area (Å²) in [4.78, 5) is 12.3. The molecule has 0 spiro atoms. The lowest BCUT2D eigenvalue weighted by atomic mass is 9.99. The summed E-state index contributed by atoms with van der Waals surface area (Å²) in [6, 6.07) is 15.8. The van der Waals surface area contributed by atoms with Gasteiger partial charge in [0.2, 0.25) is 0 Å². The smallest absolute Gasteiger partial charge is 0.263 e. The molecule has 1 saturated heterocycles. The SMILES string of the molecule is CC[C@@H](C)c1ccc(OCCOc2ccc(/C=C3\SC(=S)NC3=O)cc2)cc1. The minimum absolute atomic E-state index is 0.148. The zero-order valence-corrected chi connectivity index (χ0v) is 17.6. The summed E-state index contributed by atoms with van der Waals surface area (Å²) in [7, 11) is 0. The number of rotatable bonds is 8. The molecule has 3 rings (SSSR count). The highest BCUT2D eigenvalue weighted by Crippen LogP contribution is 2.26. The fourth-order valence-corrected chi connectivity index (χ4v) is 3.72. The first-order valence-electron chi connectivity index (χ1n) is 9.25. The molecule has 0 unspecified atom stereocenters. The van der Waals surface area contributed by atoms with E-state index in [0.29, 0.717) is 28.4 Å². The molecule has 0 aliphatic carbocycles. The van der Waals surface area contributed by atoms with Gasteiger partial charge >= 0.3 is 0 Å². The Bertz CT molecular complexity index is 860. The van der Waals surface area contributed by atoms with E-state index in [-0.39, 0.29) is 5.91 Å². The second kappa shape index (κ2) is 9.75. The molecule has 0 bridgehead atoms. The first-order chi connectivity index (χ1) is 13.5. The molecule has 0 aromatic heterocycles. The quantitative estimate of drug-likeness (QED) is 0.369. The van der Waals surface area contributed by atoms with E-state index in [0.717, 1.165) is 23.5 Å². The third-order valence-corrected chi connectivity index (χ3v) is 5.66. The van der Waals surface area contributed by atoms with Crippen LogP contribution in [0.3, 0.4) is 0 Å². The first kappa shape index (κ1) is 20.4. The zero-order chi connectivity index (χ0) is 19.9. The number of amides is 1. The van der Waals surface area contributed by atoms with Crippen molar-refractivity contribution < 1.29 is 14.3 Å². The lowest BCUT2D eigenvalue weighted by molar-refractivity contribution is -0.115. The predicted molar refractivity (Wildman–Crippen MR) is 119 cm³/mol. The van der Waals surface area contributed by atoms with Gasteiger partial charge in [-0.3, -0.25) is 4.79 Å². The molecule has 2 aromatic rings. The number of nitrogens with one attached hydrogen (secondary N) is 1. The van der Waals surface area contributed by atoms with Crippen LogP contribution in [-0.2, 0) is 4.79 Å². The molecule has 0 saturated carbocycles. The molecular formula is C22H23NO3S2. The maximum absolute atomic E-state index is 11.7. The van der Waals surface area contributed by atoms with Crippen LogP contribution in [0.2, 0.25) is 0 Å². The maximum atomic E-state index is 11.7. The van der Waals surface area contributed by atoms with E-state index in [2.05, 4.69) is 31.3 Å². The number of carbonyl (C=O) groups is 1. The maximum Gasteiger partial charge on any atom is 0.263 e. The van der Waals surface area contributed by atoms with E-state index in [4.69, 9.17) is 21.7 Å². The Morgan fingerprint density at radius 1 is 1.04 bits per heavy atom. The largest absolute Gasteiger partial charge is 0.490 e. The monoisotopic (exact) mass is 413 g/mol. The normalized spacial score (nSPS) is 16.1. The number of ether oxygens (including phenoxy) is 2. The molecule has 1 heterocycles. The van der Waals surface area contributed by atoms with E-state index in [1.807, 2.05) is 42.5 Å². The Balaban J connectivity index is 1.45. The average Bonchev–Trinajstić information content (AvgIpc) is 3.03. The van der Waals surface area contributed by atoms with Gasteiger partial charge in [-0.05, 0) is 53.8 Å². The third kappa shape index (κ3) is 5.59. The first-order valence-corrected chi connectivity index (χ1v) is 10.5. The molecule has 1 N–H and O–H groups in total. The van der Waals surface area contributed by atoms with Crippen LogP contribution in [0.15, 0.2) is 53.4 Å². The van der Waals surface area contributed by atoms with Gasteiger partial charge in [0.1, 0.15) is 29.0 Å². The van der Waals surface area contributed by atoms with Crippen molar-refractivity contribution in [3.05, 3.63) is 64.6 Å². The van der Waals surface area contributed by atoms with Crippen LogP contribution < -0.4 is 14.8 Å². The molecule has 2 aromatic carbocycles. The van der Waals surface area contributed by atoms with Crippen molar-refractivity contribution in [3.63, 3.8) is 0 Å². The van der Waals surface area contributed by atoms with E-state index >= 15 is 0 Å². The molecule has 4 nitrogen and oxygen atoms in total. The number of carbonyl (C=O) groups excluding carboxylic acids is 1. The van der Waals surface area contributed by atoms with Crippen LogP contribution in [0.25, 0.3) is 6.08 Å². The van der Waals surface area contributed by atoms with Crippen LogP contribution in [0.4, 0.5) is 0 Å². The molecule has 1 fully saturated rings. The van der Waals surface area contributed by atoms with Gasteiger partial charge in [-0.25, -0.2) is 0 Å². The topological polar surface area (TPSA) is 47.6 Å². The van der Waals surface area contributed by atoms with Gasteiger partial charge < -0.3 is 14.8 Å². The Morgan fingerprint density at radius 3 is 2.11 bits per heavy atom. The summed E-state index contributed by atoms with van der Waals surface area (Å²) in [6.07, 6.45) is 2.94. The van der Waals surface area contributed by atoms with Gasteiger partial charge in [-0.15, -0.1) is 0 Å². The standard InChI is InChI=1S/C22H23NO3S2/c1-3-15(2)17-6-10-19(11-7-17)26-13-12-25-18-8-4-16(5-9-18)14-20-21(24)23-22(27)28-20/h4-11,14-15H,3,12-13H2,1-2H3,(H,23,24,27)/b20-14-/t15-/m1/s1. The van der Waals surface area contributed by atoms with Crippen LogP contribution in [-0.4, -0.2) is 23.4 Å². The summed E-state index contributed by atoms with van der Waals surface area (Å²) in [5.74, 6) is 2.03. The van der Waals surface area contributed by atoms with Crippen molar-refractivity contribution in [3.8, 4) is 11.5 Å². The van der Waals surface area contributed by atoms with E-state index in [1.165, 1.54) is 17.3 Å². The molecule has 1 aliphatic heterocycles. The zero-order valence-electron chi connectivity index (χ0n) is 15.9. The van der Waals surface area contributed by atoms with Crippen molar-refractivity contribution in [2.75, 3.05) is 13.2 Å². The molecule has 0 radical (unpaired) electrons. The fourth-order valence-electron chi connectivity index (χ4n) is 2.68. The lowest BCUT2D eigenvalue weighted by Crippen LogP contribution is -2.17. The van der Waals surface area contributed by atoms with Crippen LogP contribution >= 0.6 is 24.0 Å². The van der Waals surface area contributed by atoms with E-state index in [1.54, 1.807) is 0 Å².